The maximum Gasteiger partial charge on any atom is 0.277 e. The number of β-amino-alcohol motifs (C(OH)–C–C–N with tert-alkyl or cyclic N) is 1. The quantitative estimate of drug-likeness (QED) is 0.347. The van der Waals surface area contributed by atoms with Gasteiger partial charge in [-0.15, -0.1) is 0 Å². The van der Waals surface area contributed by atoms with Crippen LogP contribution in [0.1, 0.15) is 28.9 Å². The summed E-state index contributed by atoms with van der Waals surface area (Å²) in [6, 6.07) is 5.10. The molecule has 6 rings (SSSR count). The van der Waals surface area contributed by atoms with Crippen LogP contribution in [0.3, 0.4) is 0 Å². The van der Waals surface area contributed by atoms with Gasteiger partial charge in [-0.25, -0.2) is 15.0 Å². The first-order valence-electron chi connectivity index (χ1n) is 11.9. The SMILES string of the molecule is COc1ccc(-c2nc(C(=O)Nc3cc4oc(C5CNCCO5)nc4nc3N3CCC(O)C3)co2)cn1. The third-order valence-corrected chi connectivity index (χ3v) is 6.22. The molecule has 37 heavy (non-hydrogen) atoms. The predicted octanol–water partition coefficient (Wildman–Crippen LogP) is 1.77. The molecule has 1 amide bonds. The number of hydrogen-bond acceptors (Lipinski definition) is 12. The van der Waals surface area contributed by atoms with E-state index in [1.165, 1.54) is 13.4 Å². The number of nitrogens with zero attached hydrogens (tertiary/aromatic N) is 5. The van der Waals surface area contributed by atoms with E-state index in [4.69, 9.17) is 18.3 Å². The molecule has 2 atom stereocenters. The second kappa shape index (κ2) is 9.76. The Labute approximate surface area is 210 Å². The number of rotatable bonds is 6. The highest BCUT2D eigenvalue weighted by Crippen LogP contribution is 2.33. The fraction of sp³-hybridized carbons (Fsp3) is 0.375. The van der Waals surface area contributed by atoms with Gasteiger partial charge in [0.1, 0.15) is 12.4 Å². The lowest BCUT2D eigenvalue weighted by molar-refractivity contribution is 0.0118. The number of oxazole rings is 2. The van der Waals surface area contributed by atoms with Gasteiger partial charge in [0, 0.05) is 44.5 Å². The Morgan fingerprint density at radius 3 is 2.95 bits per heavy atom. The molecule has 13 heteroatoms. The predicted molar refractivity (Wildman–Crippen MR) is 130 cm³/mol. The fourth-order valence-corrected chi connectivity index (χ4v) is 4.32. The van der Waals surface area contributed by atoms with E-state index in [1.807, 2.05) is 4.90 Å². The molecule has 4 aromatic heterocycles. The van der Waals surface area contributed by atoms with E-state index in [0.29, 0.717) is 72.7 Å². The number of hydrogen-bond donors (Lipinski definition) is 3. The summed E-state index contributed by atoms with van der Waals surface area (Å²) in [7, 11) is 1.53. The Hall–Kier alpha value is -4.07. The maximum absolute atomic E-state index is 13.1. The number of fused-ring (bicyclic) bond motifs is 1. The number of carbonyl (C=O) groups excluding carboxylic acids is 1. The molecule has 2 aliphatic heterocycles. The van der Waals surface area contributed by atoms with E-state index in [-0.39, 0.29) is 17.7 Å². The molecule has 2 unspecified atom stereocenters. The molecule has 13 nitrogen and oxygen atoms in total. The van der Waals surface area contributed by atoms with Crippen LogP contribution < -0.4 is 20.3 Å². The van der Waals surface area contributed by atoms with Crippen LogP contribution in [0.5, 0.6) is 5.88 Å². The van der Waals surface area contributed by atoms with Crippen molar-refractivity contribution in [2.45, 2.75) is 18.6 Å². The second-order valence-corrected chi connectivity index (χ2v) is 8.77. The molecule has 0 saturated carbocycles. The molecule has 2 aliphatic rings. The van der Waals surface area contributed by atoms with Crippen molar-refractivity contribution < 1.29 is 28.2 Å². The van der Waals surface area contributed by atoms with E-state index in [9.17, 15) is 9.90 Å². The number of anilines is 2. The molecule has 0 spiro atoms. The Morgan fingerprint density at radius 2 is 2.22 bits per heavy atom. The summed E-state index contributed by atoms with van der Waals surface area (Å²) >= 11 is 0. The van der Waals surface area contributed by atoms with Crippen LogP contribution in [-0.4, -0.2) is 76.9 Å². The van der Waals surface area contributed by atoms with Crippen molar-refractivity contribution in [3.8, 4) is 17.3 Å². The highest BCUT2D eigenvalue weighted by Gasteiger charge is 2.28. The monoisotopic (exact) mass is 507 g/mol. The first kappa shape index (κ1) is 23.3. The summed E-state index contributed by atoms with van der Waals surface area (Å²) < 4.78 is 22.3. The van der Waals surface area contributed by atoms with Gasteiger partial charge in [0.15, 0.2) is 17.1 Å². The Balaban J connectivity index is 1.29. The summed E-state index contributed by atoms with van der Waals surface area (Å²) in [5.74, 6) is 1.12. The van der Waals surface area contributed by atoms with Crippen LogP contribution in [0.25, 0.3) is 22.7 Å². The van der Waals surface area contributed by atoms with Crippen molar-refractivity contribution in [3.05, 3.63) is 42.2 Å². The topological polar surface area (TPSA) is 161 Å². The number of ether oxygens (including phenoxy) is 2. The number of nitrogens with one attached hydrogen (secondary N) is 2. The molecular formula is C24H25N7O6. The van der Waals surface area contributed by atoms with Gasteiger partial charge in [-0.2, -0.15) is 4.98 Å². The third-order valence-electron chi connectivity index (χ3n) is 6.22. The Kier molecular flexibility index (Phi) is 6.16. The zero-order valence-corrected chi connectivity index (χ0v) is 20.0. The first-order chi connectivity index (χ1) is 18.1. The highest BCUT2D eigenvalue weighted by molar-refractivity contribution is 6.05. The van der Waals surface area contributed by atoms with Gasteiger partial charge in [0.25, 0.3) is 5.91 Å². The molecule has 3 N–H and O–H groups in total. The van der Waals surface area contributed by atoms with Crippen molar-refractivity contribution >= 4 is 28.6 Å². The maximum atomic E-state index is 13.1. The summed E-state index contributed by atoms with van der Waals surface area (Å²) in [6.45, 7) is 2.88. The van der Waals surface area contributed by atoms with Crippen LogP contribution in [0.15, 0.2) is 39.5 Å². The zero-order chi connectivity index (χ0) is 25.4. The number of carbonyl (C=O) groups is 1. The molecule has 0 radical (unpaired) electrons. The summed E-state index contributed by atoms with van der Waals surface area (Å²) in [4.78, 5) is 32.7. The molecule has 2 fully saturated rings. The number of amides is 1. The van der Waals surface area contributed by atoms with Gasteiger partial charge in [-0.1, -0.05) is 0 Å². The number of aliphatic hydroxyl groups excluding tert-OH is 1. The molecule has 0 aromatic carbocycles. The average molecular weight is 508 g/mol. The van der Waals surface area contributed by atoms with Gasteiger partial charge in [-0.3, -0.25) is 4.79 Å². The molecule has 2 saturated heterocycles. The molecule has 6 heterocycles. The largest absolute Gasteiger partial charge is 0.481 e. The zero-order valence-electron chi connectivity index (χ0n) is 20.0. The molecular weight excluding hydrogens is 482 g/mol. The lowest BCUT2D eigenvalue weighted by atomic mass is 10.3. The van der Waals surface area contributed by atoms with E-state index in [2.05, 4.69) is 30.6 Å². The number of aromatic nitrogens is 4. The van der Waals surface area contributed by atoms with E-state index in [1.54, 1.807) is 24.4 Å². The number of methoxy groups -OCH3 is 1. The number of morpholine rings is 1. The molecule has 0 bridgehead atoms. The minimum absolute atomic E-state index is 0.0817. The standard InChI is InChI=1S/C24H25N7O6/c1-34-19-3-2-13(9-26-19)23-28-16(12-36-23)22(33)27-15-8-17-20(29-21(15)31-6-4-14(32)11-31)30-24(37-17)18-10-25-5-7-35-18/h2-3,8-9,12,14,18,25,32H,4-7,10-11H2,1H3,(H,27,33). The smallest absolute Gasteiger partial charge is 0.277 e. The summed E-state index contributed by atoms with van der Waals surface area (Å²) in [6.07, 6.45) is 2.63. The van der Waals surface area contributed by atoms with Gasteiger partial charge in [-0.05, 0) is 12.5 Å². The molecule has 4 aromatic rings. The van der Waals surface area contributed by atoms with Gasteiger partial charge in [0.2, 0.25) is 23.3 Å². The van der Waals surface area contributed by atoms with Gasteiger partial charge in [0.05, 0.1) is 31.1 Å². The minimum Gasteiger partial charge on any atom is -0.481 e. The van der Waals surface area contributed by atoms with Crippen LogP contribution in [0, 0.1) is 0 Å². The highest BCUT2D eigenvalue weighted by atomic mass is 16.5. The van der Waals surface area contributed by atoms with Gasteiger partial charge >= 0.3 is 0 Å². The average Bonchev–Trinajstić information content (AvgIpc) is 3.68. The normalized spacial score (nSPS) is 19.9. The van der Waals surface area contributed by atoms with Crippen molar-refractivity contribution in [1.82, 2.24) is 25.3 Å². The Bertz CT molecular complexity index is 1410. The summed E-state index contributed by atoms with van der Waals surface area (Å²) in [5, 5.41) is 16.2. The van der Waals surface area contributed by atoms with Gasteiger partial charge < -0.3 is 38.9 Å². The first-order valence-corrected chi connectivity index (χ1v) is 11.9. The second-order valence-electron chi connectivity index (χ2n) is 8.77. The van der Waals surface area contributed by atoms with Crippen LogP contribution in [0.4, 0.5) is 11.5 Å². The van der Waals surface area contributed by atoms with Crippen molar-refractivity contribution in [2.75, 3.05) is 50.1 Å². The van der Waals surface area contributed by atoms with Crippen molar-refractivity contribution in [1.29, 1.82) is 0 Å². The fourth-order valence-electron chi connectivity index (χ4n) is 4.32. The lowest BCUT2D eigenvalue weighted by Crippen LogP contribution is -2.33. The minimum atomic E-state index is -0.488. The Morgan fingerprint density at radius 1 is 1.30 bits per heavy atom. The lowest BCUT2D eigenvalue weighted by Gasteiger charge is -2.20. The number of aliphatic hydroxyl groups is 1. The van der Waals surface area contributed by atoms with E-state index in [0.717, 1.165) is 6.54 Å². The van der Waals surface area contributed by atoms with Crippen molar-refractivity contribution in [2.24, 2.45) is 0 Å². The third kappa shape index (κ3) is 4.71. The molecule has 192 valence electrons. The van der Waals surface area contributed by atoms with E-state index >= 15 is 0 Å². The molecule has 0 aliphatic carbocycles. The van der Waals surface area contributed by atoms with Crippen LogP contribution in [-0.2, 0) is 4.74 Å². The summed E-state index contributed by atoms with van der Waals surface area (Å²) in [5.41, 5.74) is 1.90. The van der Waals surface area contributed by atoms with Crippen LogP contribution >= 0.6 is 0 Å². The number of pyridine rings is 2. The van der Waals surface area contributed by atoms with Crippen molar-refractivity contribution in [3.63, 3.8) is 0 Å². The van der Waals surface area contributed by atoms with Crippen LogP contribution in [0.2, 0.25) is 0 Å². The van der Waals surface area contributed by atoms with E-state index < -0.39 is 12.0 Å².